The number of aliphatic hydroxyl groups excluding tert-OH is 1. The number of fused-ring (bicyclic) bond motifs is 2. The van der Waals surface area contributed by atoms with Crippen LogP contribution in [0.4, 0.5) is 5.13 Å². The largest absolute Gasteiger partial charge is 0.507 e. The Morgan fingerprint density at radius 3 is 2.52 bits per heavy atom. The number of hydrogen-bond donors (Lipinski definition) is 1. The smallest absolute Gasteiger partial charge is 0.337 e. The van der Waals surface area contributed by atoms with E-state index in [0.29, 0.717) is 28.2 Å². The number of Topliss-reactive ketones (excluding diaryl/α,β-unsaturated/α-hetero) is 1. The van der Waals surface area contributed by atoms with Gasteiger partial charge in [-0.05, 0) is 79.4 Å². The van der Waals surface area contributed by atoms with Crippen molar-refractivity contribution >= 4 is 50.1 Å². The number of esters is 1. The average Bonchev–Trinajstić information content (AvgIpc) is 3.60. The van der Waals surface area contributed by atoms with Crippen LogP contribution < -0.4 is 9.64 Å². The van der Waals surface area contributed by atoms with Gasteiger partial charge in [0.1, 0.15) is 17.6 Å². The van der Waals surface area contributed by atoms with Crippen molar-refractivity contribution in [2.75, 3.05) is 12.0 Å². The first kappa shape index (κ1) is 25.8. The lowest BCUT2D eigenvalue weighted by Gasteiger charge is -2.23. The molecule has 0 saturated carbocycles. The van der Waals surface area contributed by atoms with Crippen molar-refractivity contribution < 1.29 is 29.0 Å². The van der Waals surface area contributed by atoms with Crippen LogP contribution in [0.25, 0.3) is 16.0 Å². The normalized spacial score (nSPS) is 19.6. The van der Waals surface area contributed by atoms with Gasteiger partial charge in [-0.25, -0.2) is 9.78 Å². The minimum Gasteiger partial charge on any atom is -0.507 e. The van der Waals surface area contributed by atoms with Crippen LogP contribution in [0, 0.1) is 13.8 Å². The average molecular weight is 555 g/mol. The van der Waals surface area contributed by atoms with Crippen LogP contribution in [0.3, 0.4) is 0 Å². The molecule has 1 saturated heterocycles. The zero-order valence-electron chi connectivity index (χ0n) is 22.3. The highest BCUT2D eigenvalue weighted by Gasteiger charge is 2.48. The predicted octanol–water partition coefficient (Wildman–Crippen LogP) is 5.65. The fraction of sp³-hybridized carbons (Fsp3) is 0.226. The van der Waals surface area contributed by atoms with Gasteiger partial charge in [-0.3, -0.25) is 14.5 Å². The maximum atomic E-state index is 13.6. The molecule has 0 unspecified atom stereocenters. The van der Waals surface area contributed by atoms with Crippen LogP contribution in [0.5, 0.6) is 5.75 Å². The fourth-order valence-electron chi connectivity index (χ4n) is 5.45. The number of methoxy groups -OCH3 is 1. The summed E-state index contributed by atoms with van der Waals surface area (Å²) in [6.07, 6.45) is 0.686. The number of amides is 1. The number of hydrogen-bond acceptors (Lipinski definition) is 8. The number of nitrogens with zero attached hydrogens (tertiary/aromatic N) is 2. The number of aromatic nitrogens is 1. The van der Waals surface area contributed by atoms with Gasteiger partial charge in [0.05, 0.1) is 34.5 Å². The Labute approximate surface area is 234 Å². The van der Waals surface area contributed by atoms with Gasteiger partial charge in [0, 0.05) is 12.0 Å². The van der Waals surface area contributed by atoms with Gasteiger partial charge < -0.3 is 14.6 Å². The van der Waals surface area contributed by atoms with Crippen molar-refractivity contribution in [1.82, 2.24) is 4.98 Å². The van der Waals surface area contributed by atoms with Crippen LogP contribution in [0.15, 0.2) is 60.2 Å². The summed E-state index contributed by atoms with van der Waals surface area (Å²) in [5.74, 6) is -1.64. The summed E-state index contributed by atoms with van der Waals surface area (Å²) in [5.41, 5.74) is 4.92. The lowest BCUT2D eigenvalue weighted by atomic mass is 9.94. The van der Waals surface area contributed by atoms with Crippen molar-refractivity contribution in [3.05, 3.63) is 93.6 Å². The number of ketones is 1. The molecule has 1 amide bonds. The second-order valence-corrected chi connectivity index (χ2v) is 11.2. The molecule has 0 radical (unpaired) electrons. The first-order valence-corrected chi connectivity index (χ1v) is 13.6. The van der Waals surface area contributed by atoms with E-state index in [2.05, 4.69) is 0 Å². The topological polar surface area (TPSA) is 106 Å². The molecule has 202 valence electrons. The zero-order chi connectivity index (χ0) is 28.3. The highest BCUT2D eigenvalue weighted by Crippen LogP contribution is 2.45. The summed E-state index contributed by atoms with van der Waals surface area (Å²) in [6, 6.07) is 14.7. The lowest BCUT2D eigenvalue weighted by Crippen LogP contribution is -2.29. The molecule has 0 spiro atoms. The summed E-state index contributed by atoms with van der Waals surface area (Å²) < 4.78 is 11.5. The molecule has 40 heavy (non-hydrogen) atoms. The molecular formula is C31H26N2O6S. The minimum absolute atomic E-state index is 0.0115. The fourth-order valence-corrected chi connectivity index (χ4v) is 6.62. The Balaban J connectivity index is 1.53. The monoisotopic (exact) mass is 554 g/mol. The van der Waals surface area contributed by atoms with Crippen molar-refractivity contribution in [2.24, 2.45) is 0 Å². The van der Waals surface area contributed by atoms with Gasteiger partial charge in [0.15, 0.2) is 5.13 Å². The zero-order valence-corrected chi connectivity index (χ0v) is 23.2. The number of aliphatic hydroxyl groups is 1. The minimum atomic E-state index is -0.961. The first-order valence-electron chi connectivity index (χ1n) is 12.8. The number of carbonyl (C=O) groups is 3. The van der Waals surface area contributed by atoms with E-state index in [0.717, 1.165) is 32.7 Å². The Kier molecular flexibility index (Phi) is 6.18. The molecule has 9 heteroatoms. The van der Waals surface area contributed by atoms with E-state index >= 15 is 0 Å². The van der Waals surface area contributed by atoms with Crippen LogP contribution in [-0.2, 0) is 20.7 Å². The summed E-state index contributed by atoms with van der Waals surface area (Å²) in [5, 5.41) is 11.9. The van der Waals surface area contributed by atoms with E-state index in [4.69, 9.17) is 14.5 Å². The molecule has 4 aromatic rings. The summed E-state index contributed by atoms with van der Waals surface area (Å²) >= 11 is 1.31. The van der Waals surface area contributed by atoms with Gasteiger partial charge in [-0.2, -0.15) is 0 Å². The maximum Gasteiger partial charge on any atom is 0.337 e. The summed E-state index contributed by atoms with van der Waals surface area (Å²) in [7, 11) is 1.30. The third kappa shape index (κ3) is 4.14. The molecule has 1 fully saturated rings. The molecule has 0 aliphatic carbocycles. The van der Waals surface area contributed by atoms with Gasteiger partial charge in [0.25, 0.3) is 5.78 Å². The van der Waals surface area contributed by atoms with Gasteiger partial charge in [-0.15, -0.1) is 0 Å². The van der Waals surface area contributed by atoms with Crippen LogP contribution in [-0.4, -0.2) is 41.0 Å². The Bertz CT molecular complexity index is 1750. The molecular weight excluding hydrogens is 528 g/mol. The van der Waals surface area contributed by atoms with Gasteiger partial charge in [-0.1, -0.05) is 29.5 Å². The van der Waals surface area contributed by atoms with E-state index in [1.165, 1.54) is 23.3 Å². The SMILES string of the molecule is COC(=O)c1ccc([C@H]2/C(=C(\O)c3ccc4c(c3)C[C@H](C)O4)C(=O)C(=O)N2c2nc3c(C)cc(C)cc3s2)cc1. The standard InChI is InChI=1S/C31H26N2O6S/c1-15-11-16(2)25-23(12-15)40-31(32-25)33-26(18-5-7-19(8-6-18)30(37)38-4)24(28(35)29(33)36)27(34)20-9-10-22-21(14-20)13-17(3)39-22/h5-12,14,17,26,34H,13H2,1-4H3/b27-24+/t17-,26-/m0/s1. The molecule has 0 bridgehead atoms. The van der Waals surface area contributed by atoms with Crippen LogP contribution >= 0.6 is 11.3 Å². The molecule has 8 nitrogen and oxygen atoms in total. The van der Waals surface area contributed by atoms with Crippen molar-refractivity contribution in [2.45, 2.75) is 39.3 Å². The first-order chi connectivity index (χ1) is 19.2. The predicted molar refractivity (Wildman–Crippen MR) is 152 cm³/mol. The van der Waals surface area contributed by atoms with E-state index in [-0.39, 0.29) is 17.4 Å². The van der Waals surface area contributed by atoms with E-state index in [9.17, 15) is 19.5 Å². The number of benzene rings is 3. The number of thiazole rings is 1. The number of rotatable bonds is 4. The molecule has 3 aromatic carbocycles. The Morgan fingerprint density at radius 2 is 1.80 bits per heavy atom. The second kappa shape index (κ2) is 9.60. The molecule has 1 aromatic heterocycles. The van der Waals surface area contributed by atoms with E-state index in [1.807, 2.05) is 32.9 Å². The second-order valence-electron chi connectivity index (χ2n) is 10.2. The number of carbonyl (C=O) groups excluding carboxylic acids is 3. The highest BCUT2D eigenvalue weighted by molar-refractivity contribution is 7.22. The van der Waals surface area contributed by atoms with Crippen molar-refractivity contribution in [1.29, 1.82) is 0 Å². The molecule has 3 heterocycles. The summed E-state index contributed by atoms with van der Waals surface area (Å²) in [4.78, 5) is 45.4. The number of anilines is 1. The summed E-state index contributed by atoms with van der Waals surface area (Å²) in [6.45, 7) is 5.90. The van der Waals surface area contributed by atoms with E-state index < -0.39 is 23.7 Å². The Hall–Kier alpha value is -4.50. The third-order valence-electron chi connectivity index (χ3n) is 7.29. The molecule has 6 rings (SSSR count). The van der Waals surface area contributed by atoms with Crippen LogP contribution in [0.1, 0.15) is 51.1 Å². The molecule has 1 N–H and O–H groups in total. The molecule has 2 aliphatic rings. The van der Waals surface area contributed by atoms with E-state index in [1.54, 1.807) is 42.5 Å². The lowest BCUT2D eigenvalue weighted by molar-refractivity contribution is -0.132. The molecule has 2 aliphatic heterocycles. The third-order valence-corrected chi connectivity index (χ3v) is 8.29. The molecule has 2 atom stereocenters. The van der Waals surface area contributed by atoms with Crippen LogP contribution in [0.2, 0.25) is 0 Å². The maximum absolute atomic E-state index is 13.6. The van der Waals surface area contributed by atoms with Gasteiger partial charge >= 0.3 is 11.9 Å². The highest BCUT2D eigenvalue weighted by atomic mass is 32.1. The van der Waals surface area contributed by atoms with Gasteiger partial charge in [0.2, 0.25) is 0 Å². The Morgan fingerprint density at radius 1 is 1.07 bits per heavy atom. The quantitative estimate of drug-likeness (QED) is 0.150. The van der Waals surface area contributed by atoms with Crippen molar-refractivity contribution in [3.63, 3.8) is 0 Å². The number of aryl methyl sites for hydroxylation is 2. The number of ether oxygens (including phenoxy) is 2. The van der Waals surface area contributed by atoms with Crippen molar-refractivity contribution in [3.8, 4) is 5.75 Å².